The zero-order valence-electron chi connectivity index (χ0n) is 12.4. The molecule has 3 aromatic heterocycles. The van der Waals surface area contributed by atoms with Crippen LogP contribution in [0.2, 0.25) is 0 Å². The Hall–Kier alpha value is -3.28. The summed E-state index contributed by atoms with van der Waals surface area (Å²) in [6.07, 6.45) is 2.91. The van der Waals surface area contributed by atoms with Crippen molar-refractivity contribution in [3.05, 3.63) is 72.6 Å². The molecule has 24 heavy (non-hydrogen) atoms. The molecule has 4 rings (SSSR count). The maximum atomic E-state index is 13.6. The Morgan fingerprint density at radius 3 is 2.38 bits per heavy atom. The summed E-state index contributed by atoms with van der Waals surface area (Å²) in [5.74, 6) is -0.348. The van der Waals surface area contributed by atoms with Gasteiger partial charge in [0.05, 0.1) is 11.7 Å². The molecule has 3 heterocycles. The molecule has 0 amide bonds. The van der Waals surface area contributed by atoms with Crippen molar-refractivity contribution in [2.24, 2.45) is 0 Å². The van der Waals surface area contributed by atoms with Crippen LogP contribution in [0.3, 0.4) is 0 Å². The predicted octanol–water partition coefficient (Wildman–Crippen LogP) is 3.92. The summed E-state index contributed by atoms with van der Waals surface area (Å²) in [6.45, 7) is 0. The average Bonchev–Trinajstić information content (AvgIpc) is 2.94. The first kappa shape index (κ1) is 14.3. The summed E-state index contributed by atoms with van der Waals surface area (Å²) >= 11 is 0. The molecule has 4 aromatic rings. The Morgan fingerprint density at radius 1 is 0.875 bits per heavy atom. The van der Waals surface area contributed by atoms with Gasteiger partial charge < -0.3 is 5.73 Å². The first-order valence-electron chi connectivity index (χ1n) is 7.27. The fraction of sp³-hybridized carbons (Fsp3) is 0. The average molecular weight is 322 g/mol. The zero-order valence-corrected chi connectivity index (χ0v) is 12.4. The third-order valence-electron chi connectivity index (χ3n) is 3.78. The van der Waals surface area contributed by atoms with Gasteiger partial charge in [-0.1, -0.05) is 0 Å². The highest BCUT2D eigenvalue weighted by molar-refractivity contribution is 5.92. The van der Waals surface area contributed by atoms with E-state index in [9.17, 15) is 8.78 Å². The van der Waals surface area contributed by atoms with Crippen molar-refractivity contribution >= 4 is 11.3 Å². The maximum absolute atomic E-state index is 13.6. The van der Waals surface area contributed by atoms with E-state index in [1.54, 1.807) is 30.5 Å². The molecule has 0 aliphatic heterocycles. The van der Waals surface area contributed by atoms with Crippen LogP contribution in [0.5, 0.6) is 0 Å². The number of anilines is 1. The minimum absolute atomic E-state index is 0.330. The van der Waals surface area contributed by atoms with Crippen LogP contribution in [0.25, 0.3) is 27.9 Å². The summed E-state index contributed by atoms with van der Waals surface area (Å²) in [5, 5.41) is 4.47. The van der Waals surface area contributed by atoms with E-state index >= 15 is 0 Å². The quantitative estimate of drug-likeness (QED) is 0.608. The number of nitrogens with two attached hydrogens (primary N) is 1. The lowest BCUT2D eigenvalue weighted by Crippen LogP contribution is -1.90. The molecule has 1 aromatic carbocycles. The minimum Gasteiger partial charge on any atom is -0.384 e. The van der Waals surface area contributed by atoms with Crippen molar-refractivity contribution in [2.45, 2.75) is 0 Å². The molecule has 0 spiro atoms. The topological polar surface area (TPSA) is 56.2 Å². The molecule has 0 bridgehead atoms. The molecule has 0 saturated carbocycles. The molecule has 0 unspecified atom stereocenters. The molecule has 2 N–H and O–H groups in total. The molecule has 6 heteroatoms. The van der Waals surface area contributed by atoms with Crippen LogP contribution in [-0.4, -0.2) is 14.6 Å². The van der Waals surface area contributed by atoms with Gasteiger partial charge in [0.15, 0.2) is 0 Å². The largest absolute Gasteiger partial charge is 0.384 e. The Morgan fingerprint density at radius 2 is 1.62 bits per heavy atom. The third kappa shape index (κ3) is 2.38. The lowest BCUT2D eigenvalue weighted by Gasteiger charge is -2.05. The first-order chi connectivity index (χ1) is 11.6. The number of hydrogen-bond donors (Lipinski definition) is 1. The first-order valence-corrected chi connectivity index (χ1v) is 7.27. The smallest absolute Gasteiger partial charge is 0.141 e. The number of hydrogen-bond acceptors (Lipinski definition) is 3. The maximum Gasteiger partial charge on any atom is 0.141 e. The van der Waals surface area contributed by atoms with Crippen molar-refractivity contribution in [3.63, 3.8) is 0 Å². The van der Waals surface area contributed by atoms with Crippen LogP contribution in [0.1, 0.15) is 0 Å². The Bertz CT molecular complexity index is 1040. The molecule has 4 nitrogen and oxygen atoms in total. The highest BCUT2D eigenvalue weighted by Gasteiger charge is 2.17. The van der Waals surface area contributed by atoms with E-state index in [1.807, 2.05) is 6.07 Å². The Balaban J connectivity index is 2.05. The van der Waals surface area contributed by atoms with Gasteiger partial charge in [-0.05, 0) is 54.1 Å². The lowest BCUT2D eigenvalue weighted by molar-refractivity contribution is 0.615. The van der Waals surface area contributed by atoms with Crippen molar-refractivity contribution in [2.75, 3.05) is 5.73 Å². The van der Waals surface area contributed by atoms with Gasteiger partial charge in [0.2, 0.25) is 0 Å². The second-order valence-corrected chi connectivity index (χ2v) is 5.38. The number of benzene rings is 1. The molecular weight excluding hydrogens is 310 g/mol. The number of nitrogens with zero attached hydrogens (tertiary/aromatic N) is 3. The van der Waals surface area contributed by atoms with Crippen LogP contribution < -0.4 is 5.73 Å². The second kappa shape index (κ2) is 5.42. The van der Waals surface area contributed by atoms with Gasteiger partial charge in [-0.15, -0.1) is 0 Å². The molecule has 0 atom stereocenters. The van der Waals surface area contributed by atoms with E-state index < -0.39 is 5.82 Å². The lowest BCUT2D eigenvalue weighted by atomic mass is 10.0. The highest BCUT2D eigenvalue weighted by Crippen LogP contribution is 2.35. The van der Waals surface area contributed by atoms with Gasteiger partial charge in [-0.25, -0.2) is 18.3 Å². The standard InChI is InChI=1S/C18H12F2N4/c19-13-3-1-11(2-4-13)18-17(12-7-8-22-16(21)9-12)15-6-5-14(20)10-24(15)23-18/h1-10H,(H2,21,22). The van der Waals surface area contributed by atoms with Gasteiger partial charge in [0, 0.05) is 17.3 Å². The third-order valence-corrected chi connectivity index (χ3v) is 3.78. The molecule has 118 valence electrons. The van der Waals surface area contributed by atoms with Gasteiger partial charge >= 0.3 is 0 Å². The summed E-state index contributed by atoms with van der Waals surface area (Å²) < 4.78 is 28.3. The second-order valence-electron chi connectivity index (χ2n) is 5.38. The number of nitrogen functional groups attached to an aromatic ring is 1. The van der Waals surface area contributed by atoms with E-state index in [1.165, 1.54) is 28.9 Å². The summed E-state index contributed by atoms with van der Waals surface area (Å²) in [5.41, 5.74) is 9.46. The van der Waals surface area contributed by atoms with Crippen LogP contribution in [-0.2, 0) is 0 Å². The predicted molar refractivity (Wildman–Crippen MR) is 88.2 cm³/mol. The monoisotopic (exact) mass is 322 g/mol. The van der Waals surface area contributed by atoms with E-state index in [4.69, 9.17) is 5.73 Å². The fourth-order valence-electron chi connectivity index (χ4n) is 2.72. The van der Waals surface area contributed by atoms with E-state index in [2.05, 4.69) is 10.1 Å². The molecule has 0 aliphatic carbocycles. The van der Waals surface area contributed by atoms with E-state index in [-0.39, 0.29) is 5.82 Å². The normalized spacial score (nSPS) is 11.1. The Kier molecular flexibility index (Phi) is 3.23. The van der Waals surface area contributed by atoms with Gasteiger partial charge in [-0.2, -0.15) is 5.10 Å². The number of pyridine rings is 2. The van der Waals surface area contributed by atoms with Crippen molar-refractivity contribution in [1.29, 1.82) is 0 Å². The Labute approximate surface area is 136 Å². The highest BCUT2D eigenvalue weighted by atomic mass is 19.1. The molecule has 0 radical (unpaired) electrons. The van der Waals surface area contributed by atoms with Crippen molar-refractivity contribution in [1.82, 2.24) is 14.6 Å². The van der Waals surface area contributed by atoms with Crippen LogP contribution in [0.4, 0.5) is 14.6 Å². The van der Waals surface area contributed by atoms with Crippen LogP contribution >= 0.6 is 0 Å². The van der Waals surface area contributed by atoms with Crippen LogP contribution in [0, 0.1) is 11.6 Å². The number of fused-ring (bicyclic) bond motifs is 1. The molecule has 0 fully saturated rings. The molecular formula is C18H12F2N4. The fourth-order valence-corrected chi connectivity index (χ4v) is 2.72. The minimum atomic E-state index is -0.392. The zero-order chi connectivity index (χ0) is 16.7. The van der Waals surface area contributed by atoms with E-state index in [0.29, 0.717) is 11.5 Å². The number of rotatable bonds is 2. The van der Waals surface area contributed by atoms with Crippen molar-refractivity contribution in [3.8, 4) is 22.4 Å². The van der Waals surface area contributed by atoms with Crippen LogP contribution in [0.15, 0.2) is 60.9 Å². The summed E-state index contributed by atoms with van der Waals surface area (Å²) in [6, 6.07) is 12.6. The summed E-state index contributed by atoms with van der Waals surface area (Å²) in [4.78, 5) is 4.00. The summed E-state index contributed by atoms with van der Waals surface area (Å²) in [7, 11) is 0. The van der Waals surface area contributed by atoms with Gasteiger partial charge in [0.25, 0.3) is 0 Å². The number of halogens is 2. The van der Waals surface area contributed by atoms with Gasteiger partial charge in [0.1, 0.15) is 23.1 Å². The number of aromatic nitrogens is 3. The van der Waals surface area contributed by atoms with E-state index in [0.717, 1.165) is 22.2 Å². The van der Waals surface area contributed by atoms with Gasteiger partial charge in [-0.3, -0.25) is 0 Å². The van der Waals surface area contributed by atoms with Crippen molar-refractivity contribution < 1.29 is 8.78 Å². The SMILES string of the molecule is Nc1cc(-c2c(-c3ccc(F)cc3)nn3cc(F)ccc23)ccn1. The molecule has 0 saturated heterocycles. The molecule has 0 aliphatic rings.